The van der Waals surface area contributed by atoms with Crippen LogP contribution in [0.3, 0.4) is 0 Å². The fraction of sp³-hybridized carbons (Fsp3) is 0.533. The molecule has 0 amide bonds. The number of ether oxygens (including phenoxy) is 1. The summed E-state index contributed by atoms with van der Waals surface area (Å²) in [5.41, 5.74) is 1.52. The molecule has 0 bridgehead atoms. The average Bonchev–Trinajstić information content (AvgIpc) is 2.96. The van der Waals surface area contributed by atoms with E-state index in [4.69, 9.17) is 4.74 Å². The predicted octanol–water partition coefficient (Wildman–Crippen LogP) is 1.15. The fourth-order valence-electron chi connectivity index (χ4n) is 2.81. The molecule has 1 fully saturated rings. The van der Waals surface area contributed by atoms with Crippen LogP contribution < -0.4 is 15.4 Å². The molecule has 114 valence electrons. The van der Waals surface area contributed by atoms with Gasteiger partial charge in [-0.3, -0.25) is 10.4 Å². The van der Waals surface area contributed by atoms with Crippen molar-refractivity contribution in [2.45, 2.75) is 19.1 Å². The molecule has 1 aliphatic rings. The van der Waals surface area contributed by atoms with Gasteiger partial charge in [0.2, 0.25) is 0 Å². The van der Waals surface area contributed by atoms with Crippen LogP contribution in [-0.4, -0.2) is 42.0 Å². The Kier molecular flexibility index (Phi) is 4.38. The van der Waals surface area contributed by atoms with Gasteiger partial charge in [-0.15, -0.1) is 0 Å². The van der Waals surface area contributed by atoms with Gasteiger partial charge in [-0.1, -0.05) is 0 Å². The van der Waals surface area contributed by atoms with Crippen molar-refractivity contribution in [2.75, 3.05) is 26.7 Å². The number of nitrogens with zero attached hydrogens (tertiary/aromatic N) is 1. The monoisotopic (exact) mass is 290 g/mol. The van der Waals surface area contributed by atoms with Crippen LogP contribution in [0.1, 0.15) is 24.8 Å². The van der Waals surface area contributed by atoms with Crippen LogP contribution in [0, 0.1) is 5.92 Å². The molecule has 3 rings (SSSR count). The summed E-state index contributed by atoms with van der Waals surface area (Å²) in [6, 6.07) is 5.64. The zero-order valence-electron chi connectivity index (χ0n) is 12.2. The Labute approximate surface area is 123 Å². The van der Waals surface area contributed by atoms with Crippen molar-refractivity contribution in [2.24, 2.45) is 5.92 Å². The van der Waals surface area contributed by atoms with Gasteiger partial charge in [0.1, 0.15) is 12.0 Å². The van der Waals surface area contributed by atoms with E-state index in [0.29, 0.717) is 11.6 Å². The lowest BCUT2D eigenvalue weighted by Crippen LogP contribution is -2.35. The van der Waals surface area contributed by atoms with Crippen LogP contribution in [0.5, 0.6) is 5.75 Å². The number of aromatic nitrogens is 2. The van der Waals surface area contributed by atoms with Crippen LogP contribution in [0.25, 0.3) is 10.9 Å². The van der Waals surface area contributed by atoms with Gasteiger partial charge < -0.3 is 15.2 Å². The number of nitrogens with one attached hydrogen (secondary N) is 3. The van der Waals surface area contributed by atoms with E-state index >= 15 is 0 Å². The highest BCUT2D eigenvalue weighted by Gasteiger charge is 2.18. The summed E-state index contributed by atoms with van der Waals surface area (Å²) in [5.74, 6) is 1.38. The first kappa shape index (κ1) is 14.3. The van der Waals surface area contributed by atoms with Crippen molar-refractivity contribution in [3.63, 3.8) is 0 Å². The van der Waals surface area contributed by atoms with Gasteiger partial charge >= 0.3 is 0 Å². The molecule has 4 N–H and O–H groups in total. The minimum Gasteiger partial charge on any atom is -0.497 e. The van der Waals surface area contributed by atoms with Gasteiger partial charge in [-0.2, -0.15) is 5.10 Å². The zero-order chi connectivity index (χ0) is 14.7. The lowest BCUT2D eigenvalue weighted by molar-refractivity contribution is 0.126. The summed E-state index contributed by atoms with van der Waals surface area (Å²) in [6.07, 6.45) is 1.56. The quantitative estimate of drug-likeness (QED) is 0.621. The number of hydrogen-bond donors (Lipinski definition) is 4. The summed E-state index contributed by atoms with van der Waals surface area (Å²) in [7, 11) is 1.63. The third-order valence-corrected chi connectivity index (χ3v) is 4.12. The number of aromatic amines is 1. The molecule has 1 saturated heterocycles. The summed E-state index contributed by atoms with van der Waals surface area (Å²) in [6.45, 7) is 2.94. The first-order valence-electron chi connectivity index (χ1n) is 7.42. The minimum atomic E-state index is -0.739. The van der Waals surface area contributed by atoms with Gasteiger partial charge in [0.25, 0.3) is 0 Å². The Morgan fingerprint density at radius 1 is 1.43 bits per heavy atom. The van der Waals surface area contributed by atoms with Crippen molar-refractivity contribution in [3.05, 3.63) is 23.9 Å². The van der Waals surface area contributed by atoms with E-state index in [1.54, 1.807) is 7.11 Å². The molecule has 0 spiro atoms. The van der Waals surface area contributed by atoms with Gasteiger partial charge in [-0.05, 0) is 50.0 Å². The fourth-order valence-corrected chi connectivity index (χ4v) is 2.81. The maximum atomic E-state index is 10.4. The number of aliphatic hydroxyl groups is 1. The topological polar surface area (TPSA) is 82.2 Å². The summed E-state index contributed by atoms with van der Waals surface area (Å²) in [4.78, 5) is 0. The molecule has 1 atom stereocenters. The van der Waals surface area contributed by atoms with E-state index in [2.05, 4.69) is 20.8 Å². The molecular weight excluding hydrogens is 268 g/mol. The molecule has 1 aromatic carbocycles. The predicted molar refractivity (Wildman–Crippen MR) is 81.2 cm³/mol. The Morgan fingerprint density at radius 3 is 3.00 bits per heavy atom. The summed E-state index contributed by atoms with van der Waals surface area (Å²) in [5, 5.41) is 24.9. The Balaban J connectivity index is 1.70. The highest BCUT2D eigenvalue weighted by molar-refractivity contribution is 5.83. The van der Waals surface area contributed by atoms with E-state index in [1.807, 2.05) is 18.2 Å². The van der Waals surface area contributed by atoms with Crippen molar-refractivity contribution < 1.29 is 9.84 Å². The highest BCUT2D eigenvalue weighted by Crippen LogP contribution is 2.25. The van der Waals surface area contributed by atoms with Crippen LogP contribution in [0.4, 0.5) is 0 Å². The van der Waals surface area contributed by atoms with E-state index in [0.717, 1.165) is 49.1 Å². The molecule has 6 heteroatoms. The van der Waals surface area contributed by atoms with Crippen LogP contribution in [0.2, 0.25) is 0 Å². The third-order valence-electron chi connectivity index (χ3n) is 4.12. The van der Waals surface area contributed by atoms with E-state index in [1.165, 1.54) is 0 Å². The molecule has 2 aromatic rings. The number of fused-ring (bicyclic) bond motifs is 1. The van der Waals surface area contributed by atoms with Crippen LogP contribution in [-0.2, 0) is 0 Å². The standard InChI is InChI=1S/C15H22N4O2/c1-21-11-2-3-13-12(8-11)14(19-18-13)15(20)17-9-10-4-6-16-7-5-10/h2-3,8,10,15-17,20H,4-7,9H2,1H3,(H,18,19). The smallest absolute Gasteiger partial charge is 0.148 e. The normalized spacial score (nSPS) is 18.0. The maximum Gasteiger partial charge on any atom is 0.148 e. The summed E-state index contributed by atoms with van der Waals surface area (Å²) >= 11 is 0. The lowest BCUT2D eigenvalue weighted by atomic mass is 9.98. The molecule has 1 unspecified atom stereocenters. The number of methoxy groups -OCH3 is 1. The third kappa shape index (κ3) is 3.18. The molecular formula is C15H22N4O2. The Bertz CT molecular complexity index is 592. The molecule has 21 heavy (non-hydrogen) atoms. The zero-order valence-corrected chi connectivity index (χ0v) is 12.2. The first-order valence-corrected chi connectivity index (χ1v) is 7.42. The number of H-pyrrole nitrogens is 1. The van der Waals surface area contributed by atoms with E-state index in [9.17, 15) is 5.11 Å². The Morgan fingerprint density at radius 2 is 2.24 bits per heavy atom. The van der Waals surface area contributed by atoms with Crippen molar-refractivity contribution >= 4 is 10.9 Å². The minimum absolute atomic E-state index is 0.615. The van der Waals surface area contributed by atoms with Gasteiger partial charge in [-0.25, -0.2) is 0 Å². The maximum absolute atomic E-state index is 10.4. The van der Waals surface area contributed by atoms with Gasteiger partial charge in [0, 0.05) is 11.9 Å². The molecule has 6 nitrogen and oxygen atoms in total. The largest absolute Gasteiger partial charge is 0.497 e. The summed E-state index contributed by atoms with van der Waals surface area (Å²) < 4.78 is 5.23. The highest BCUT2D eigenvalue weighted by atomic mass is 16.5. The van der Waals surface area contributed by atoms with Gasteiger partial charge in [0.15, 0.2) is 0 Å². The average molecular weight is 290 g/mol. The Hall–Kier alpha value is -1.63. The van der Waals surface area contributed by atoms with Crippen LogP contribution >= 0.6 is 0 Å². The molecule has 1 aromatic heterocycles. The molecule has 0 radical (unpaired) electrons. The van der Waals surface area contributed by atoms with E-state index in [-0.39, 0.29) is 0 Å². The molecule has 1 aliphatic heterocycles. The number of benzene rings is 1. The SMILES string of the molecule is COc1ccc2n[nH]c(C(O)NCC3CCNCC3)c2c1. The molecule has 0 saturated carbocycles. The second-order valence-electron chi connectivity index (χ2n) is 5.52. The second kappa shape index (κ2) is 6.43. The second-order valence-corrected chi connectivity index (χ2v) is 5.52. The number of rotatable bonds is 5. The van der Waals surface area contributed by atoms with E-state index < -0.39 is 6.23 Å². The molecule has 0 aliphatic carbocycles. The number of hydrogen-bond acceptors (Lipinski definition) is 5. The van der Waals surface area contributed by atoms with Crippen molar-refractivity contribution in [3.8, 4) is 5.75 Å². The molecule has 2 heterocycles. The van der Waals surface area contributed by atoms with Crippen molar-refractivity contribution in [1.29, 1.82) is 0 Å². The number of piperidine rings is 1. The number of aliphatic hydroxyl groups excluding tert-OH is 1. The lowest BCUT2D eigenvalue weighted by Gasteiger charge is -2.24. The van der Waals surface area contributed by atoms with Crippen molar-refractivity contribution in [1.82, 2.24) is 20.8 Å². The van der Waals surface area contributed by atoms with Crippen LogP contribution in [0.15, 0.2) is 18.2 Å². The van der Waals surface area contributed by atoms with Gasteiger partial charge in [0.05, 0.1) is 18.3 Å². The first-order chi connectivity index (χ1) is 10.3.